The molecule has 1 fully saturated rings. The highest BCUT2D eigenvalue weighted by Gasteiger charge is 2.33. The average molecular weight is 362 g/mol. The zero-order valence-corrected chi connectivity index (χ0v) is 13.9. The van der Waals surface area contributed by atoms with Gasteiger partial charge in [-0.25, -0.2) is 13.2 Å². The molecule has 0 amide bonds. The Morgan fingerprint density at radius 2 is 2.09 bits per heavy atom. The van der Waals surface area contributed by atoms with Gasteiger partial charge in [-0.2, -0.15) is 4.31 Å². The topological polar surface area (TPSA) is 101 Å². The molecule has 0 saturated carbocycles. The Balaban J connectivity index is 2.31. The standard InChI is InChI=1S/C14H16ClNO6S/c1-22-14(19)11-5-4-10(7-12(11)15)23(20,21)16-6-2-3-9(8-16)13(17)18/h4-5,7,9H,2-3,6,8H2,1H3,(H,17,18). The summed E-state index contributed by atoms with van der Waals surface area (Å²) < 4.78 is 30.9. The second-order valence-electron chi connectivity index (χ2n) is 5.17. The van der Waals surface area contributed by atoms with Crippen molar-refractivity contribution in [3.63, 3.8) is 0 Å². The SMILES string of the molecule is COC(=O)c1ccc(S(=O)(=O)N2CCCC(C(=O)O)C2)cc1Cl. The number of carboxylic acid groups (broad SMARTS) is 1. The van der Waals surface area contributed by atoms with Crippen LogP contribution in [-0.2, 0) is 19.6 Å². The van der Waals surface area contributed by atoms with Gasteiger partial charge < -0.3 is 9.84 Å². The predicted octanol–water partition coefficient (Wildman–Crippen LogP) is 1.61. The molecule has 1 unspecified atom stereocenters. The molecule has 9 heteroatoms. The van der Waals surface area contributed by atoms with Gasteiger partial charge in [0.2, 0.25) is 10.0 Å². The fourth-order valence-electron chi connectivity index (χ4n) is 2.44. The number of piperidine rings is 1. The molecular formula is C14H16ClNO6S. The molecule has 1 aromatic carbocycles. The number of hydrogen-bond donors (Lipinski definition) is 1. The van der Waals surface area contributed by atoms with E-state index in [0.29, 0.717) is 12.8 Å². The van der Waals surface area contributed by atoms with E-state index in [1.54, 1.807) is 0 Å². The van der Waals surface area contributed by atoms with E-state index in [1.807, 2.05) is 0 Å². The normalized spacial score (nSPS) is 19.3. The van der Waals surface area contributed by atoms with Crippen LogP contribution in [0.3, 0.4) is 0 Å². The smallest absolute Gasteiger partial charge is 0.339 e. The molecule has 1 N–H and O–H groups in total. The molecule has 1 aliphatic heterocycles. The summed E-state index contributed by atoms with van der Waals surface area (Å²) >= 11 is 5.95. The Bertz CT molecular complexity index is 733. The highest BCUT2D eigenvalue weighted by atomic mass is 35.5. The fraction of sp³-hybridized carbons (Fsp3) is 0.429. The summed E-state index contributed by atoms with van der Waals surface area (Å²) in [5.74, 6) is -2.39. The van der Waals surface area contributed by atoms with E-state index in [0.717, 1.165) is 4.31 Å². The predicted molar refractivity (Wildman–Crippen MR) is 81.9 cm³/mol. The van der Waals surface area contributed by atoms with E-state index in [-0.39, 0.29) is 28.6 Å². The number of benzene rings is 1. The Morgan fingerprint density at radius 3 is 2.65 bits per heavy atom. The summed E-state index contributed by atoms with van der Waals surface area (Å²) in [6, 6.07) is 3.71. The summed E-state index contributed by atoms with van der Waals surface area (Å²) in [4.78, 5) is 22.5. The van der Waals surface area contributed by atoms with Gasteiger partial charge in [-0.3, -0.25) is 4.79 Å². The summed E-state index contributed by atoms with van der Waals surface area (Å²) in [5, 5.41) is 9.03. The Labute approximate surface area is 138 Å². The van der Waals surface area contributed by atoms with E-state index >= 15 is 0 Å². The maximum absolute atomic E-state index is 12.6. The number of rotatable bonds is 4. The number of esters is 1. The van der Waals surface area contributed by atoms with Gasteiger partial charge in [0.05, 0.1) is 28.5 Å². The van der Waals surface area contributed by atoms with Crippen molar-refractivity contribution in [1.82, 2.24) is 4.31 Å². The lowest BCUT2D eigenvalue weighted by Crippen LogP contribution is -2.42. The van der Waals surface area contributed by atoms with Crippen LogP contribution < -0.4 is 0 Å². The van der Waals surface area contributed by atoms with E-state index in [2.05, 4.69) is 4.74 Å². The Kier molecular flexibility index (Phi) is 5.28. The van der Waals surface area contributed by atoms with Gasteiger partial charge >= 0.3 is 11.9 Å². The number of aliphatic carboxylic acids is 1. The molecule has 126 valence electrons. The second-order valence-corrected chi connectivity index (χ2v) is 7.52. The molecule has 0 spiro atoms. The molecule has 1 heterocycles. The third kappa shape index (κ3) is 3.65. The van der Waals surface area contributed by atoms with Gasteiger partial charge in [-0.1, -0.05) is 11.6 Å². The molecule has 7 nitrogen and oxygen atoms in total. The van der Waals surface area contributed by atoms with Crippen molar-refractivity contribution in [3.05, 3.63) is 28.8 Å². The van der Waals surface area contributed by atoms with E-state index in [4.69, 9.17) is 16.7 Å². The molecule has 2 rings (SSSR count). The number of carboxylic acids is 1. The summed E-state index contributed by atoms with van der Waals surface area (Å²) in [6.07, 6.45) is 0.924. The van der Waals surface area contributed by atoms with Crippen molar-refractivity contribution in [2.45, 2.75) is 17.7 Å². The van der Waals surface area contributed by atoms with Crippen molar-refractivity contribution in [1.29, 1.82) is 0 Å². The zero-order valence-electron chi connectivity index (χ0n) is 12.4. The van der Waals surface area contributed by atoms with Gasteiger partial charge in [-0.05, 0) is 31.0 Å². The van der Waals surface area contributed by atoms with Gasteiger partial charge in [0.1, 0.15) is 0 Å². The minimum absolute atomic E-state index is 0.0373. The van der Waals surface area contributed by atoms with E-state index < -0.39 is 27.9 Å². The lowest BCUT2D eigenvalue weighted by atomic mass is 10.0. The number of carbonyl (C=O) groups is 2. The molecule has 23 heavy (non-hydrogen) atoms. The first-order chi connectivity index (χ1) is 10.8. The van der Waals surface area contributed by atoms with Crippen LogP contribution in [0.4, 0.5) is 0 Å². The van der Waals surface area contributed by atoms with Crippen LogP contribution in [0.25, 0.3) is 0 Å². The zero-order chi connectivity index (χ0) is 17.2. The summed E-state index contributed by atoms with van der Waals surface area (Å²) in [7, 11) is -2.67. The molecule has 1 atom stereocenters. The molecule has 1 aliphatic rings. The van der Waals surface area contributed by atoms with Gasteiger partial charge in [-0.15, -0.1) is 0 Å². The van der Waals surface area contributed by atoms with Crippen LogP contribution in [0, 0.1) is 5.92 Å². The van der Waals surface area contributed by atoms with Gasteiger partial charge in [0.15, 0.2) is 0 Å². The molecule has 1 aromatic rings. The number of halogens is 1. The van der Waals surface area contributed by atoms with Crippen LogP contribution in [-0.4, -0.2) is 50.0 Å². The maximum Gasteiger partial charge on any atom is 0.339 e. The van der Waals surface area contributed by atoms with Crippen molar-refractivity contribution in [2.24, 2.45) is 5.92 Å². The fourth-order valence-corrected chi connectivity index (χ4v) is 4.32. The van der Waals surface area contributed by atoms with Crippen LogP contribution in [0.5, 0.6) is 0 Å². The first-order valence-electron chi connectivity index (χ1n) is 6.88. The Morgan fingerprint density at radius 1 is 1.39 bits per heavy atom. The number of ether oxygens (including phenoxy) is 1. The molecule has 0 bridgehead atoms. The number of nitrogens with zero attached hydrogens (tertiary/aromatic N) is 1. The third-order valence-electron chi connectivity index (χ3n) is 3.72. The molecular weight excluding hydrogens is 346 g/mol. The minimum atomic E-state index is -3.87. The average Bonchev–Trinajstić information content (AvgIpc) is 2.54. The third-order valence-corrected chi connectivity index (χ3v) is 5.89. The minimum Gasteiger partial charge on any atom is -0.481 e. The highest BCUT2D eigenvalue weighted by molar-refractivity contribution is 7.89. The van der Waals surface area contributed by atoms with Crippen LogP contribution in [0.15, 0.2) is 23.1 Å². The lowest BCUT2D eigenvalue weighted by molar-refractivity contribution is -0.142. The van der Waals surface area contributed by atoms with Crippen molar-refractivity contribution in [3.8, 4) is 0 Å². The molecule has 0 aliphatic carbocycles. The highest BCUT2D eigenvalue weighted by Crippen LogP contribution is 2.27. The number of methoxy groups -OCH3 is 1. The quantitative estimate of drug-likeness (QED) is 0.817. The summed E-state index contributed by atoms with van der Waals surface area (Å²) in [5.41, 5.74) is 0.0650. The first kappa shape index (κ1) is 17.7. The molecule has 1 saturated heterocycles. The largest absolute Gasteiger partial charge is 0.481 e. The number of hydrogen-bond acceptors (Lipinski definition) is 5. The van der Waals surface area contributed by atoms with Crippen LogP contribution >= 0.6 is 11.6 Å². The first-order valence-corrected chi connectivity index (χ1v) is 8.70. The lowest BCUT2D eigenvalue weighted by Gasteiger charge is -2.29. The molecule has 0 radical (unpaired) electrons. The summed E-state index contributed by atoms with van der Waals surface area (Å²) in [6.45, 7) is 0.177. The van der Waals surface area contributed by atoms with Crippen molar-refractivity contribution < 1.29 is 27.9 Å². The van der Waals surface area contributed by atoms with Gasteiger partial charge in [0.25, 0.3) is 0 Å². The molecule has 0 aromatic heterocycles. The van der Waals surface area contributed by atoms with Crippen LogP contribution in [0.2, 0.25) is 5.02 Å². The number of carbonyl (C=O) groups excluding carboxylic acids is 1. The van der Waals surface area contributed by atoms with Gasteiger partial charge in [0, 0.05) is 13.1 Å². The Hall–Kier alpha value is -1.64. The second kappa shape index (κ2) is 6.86. The van der Waals surface area contributed by atoms with E-state index in [1.165, 1.54) is 25.3 Å². The number of sulfonamides is 1. The van der Waals surface area contributed by atoms with E-state index in [9.17, 15) is 18.0 Å². The maximum atomic E-state index is 12.6. The van der Waals surface area contributed by atoms with Crippen molar-refractivity contribution in [2.75, 3.05) is 20.2 Å². The monoisotopic (exact) mass is 361 g/mol. The van der Waals surface area contributed by atoms with Crippen LogP contribution in [0.1, 0.15) is 23.2 Å². The van der Waals surface area contributed by atoms with Crippen molar-refractivity contribution >= 4 is 33.6 Å².